The average molecular weight is 295 g/mol. The molecule has 0 fully saturated rings. The maximum Gasteiger partial charge on any atom is 0.0185 e. The Hall–Kier alpha value is -0.510. The minimum absolute atomic E-state index is 1.10. The second-order valence-electron chi connectivity index (χ2n) is 5.33. The van der Waals surface area contributed by atoms with Gasteiger partial charge in [-0.2, -0.15) is 11.8 Å². The van der Waals surface area contributed by atoms with E-state index in [1.54, 1.807) is 0 Å². The van der Waals surface area contributed by atoms with Crippen molar-refractivity contribution in [1.29, 1.82) is 0 Å². The van der Waals surface area contributed by atoms with E-state index < -0.39 is 0 Å². The third-order valence-electron chi connectivity index (χ3n) is 3.47. The third kappa shape index (κ3) is 7.32. The first-order chi connectivity index (χ1) is 9.65. The van der Waals surface area contributed by atoms with Crippen LogP contribution >= 0.6 is 11.8 Å². The minimum Gasteiger partial charge on any atom is -0.315 e. The lowest BCUT2D eigenvalue weighted by Gasteiger charge is -2.17. The first-order valence-electron chi connectivity index (χ1n) is 7.73. The molecule has 1 N–H and O–H groups in total. The van der Waals surface area contributed by atoms with Crippen LogP contribution in [0.2, 0.25) is 0 Å². The largest absolute Gasteiger partial charge is 0.315 e. The lowest BCUT2D eigenvalue weighted by molar-refractivity contribution is 0.303. The summed E-state index contributed by atoms with van der Waals surface area (Å²) < 4.78 is 0. The van der Waals surface area contributed by atoms with Crippen molar-refractivity contribution in [3.05, 3.63) is 34.9 Å². The van der Waals surface area contributed by atoms with Crippen molar-refractivity contribution in [3.63, 3.8) is 0 Å². The first kappa shape index (κ1) is 17.5. The van der Waals surface area contributed by atoms with Crippen LogP contribution in [0.15, 0.2) is 18.2 Å². The van der Waals surface area contributed by atoms with E-state index in [1.807, 2.05) is 11.8 Å². The van der Waals surface area contributed by atoms with Gasteiger partial charge in [0, 0.05) is 31.1 Å². The van der Waals surface area contributed by atoms with Gasteiger partial charge in [0.1, 0.15) is 0 Å². The van der Waals surface area contributed by atoms with Crippen molar-refractivity contribution in [2.75, 3.05) is 38.5 Å². The van der Waals surface area contributed by atoms with Gasteiger partial charge in [-0.1, -0.05) is 43.2 Å². The van der Waals surface area contributed by atoms with Crippen molar-refractivity contribution in [3.8, 4) is 0 Å². The number of hydrogen-bond acceptors (Lipinski definition) is 3. The molecule has 1 aromatic carbocycles. The molecule has 0 aliphatic heterocycles. The number of hydrogen-bond donors (Lipinski definition) is 1. The fourth-order valence-electron chi connectivity index (χ4n) is 2.39. The fraction of sp³-hybridized carbons (Fsp3) is 0.647. The molecule has 1 rings (SSSR count). The molecule has 0 bridgehead atoms. The van der Waals surface area contributed by atoms with Crippen molar-refractivity contribution in [2.24, 2.45) is 0 Å². The lowest BCUT2D eigenvalue weighted by Crippen LogP contribution is -2.32. The third-order valence-corrected chi connectivity index (χ3v) is 4.50. The van der Waals surface area contributed by atoms with E-state index in [4.69, 9.17) is 0 Å². The normalized spacial score (nSPS) is 11.2. The molecule has 2 nitrogen and oxygen atoms in total. The fourth-order valence-corrected chi connectivity index (χ4v) is 3.22. The number of nitrogens with one attached hydrogen (secondary N) is 1. The van der Waals surface area contributed by atoms with Gasteiger partial charge >= 0.3 is 0 Å². The summed E-state index contributed by atoms with van der Waals surface area (Å²) in [6.45, 7) is 14.5. The number of aryl methyl sites for hydroxylation is 2. The van der Waals surface area contributed by atoms with Gasteiger partial charge in [-0.3, -0.25) is 0 Å². The number of likely N-dealkylation sites (N-methyl/N-ethyl adjacent to an activating group) is 1. The van der Waals surface area contributed by atoms with Gasteiger partial charge in [0.2, 0.25) is 0 Å². The van der Waals surface area contributed by atoms with E-state index in [1.165, 1.54) is 22.4 Å². The van der Waals surface area contributed by atoms with E-state index >= 15 is 0 Å². The van der Waals surface area contributed by atoms with Gasteiger partial charge in [0.05, 0.1) is 0 Å². The van der Waals surface area contributed by atoms with E-state index in [0.717, 1.165) is 38.5 Å². The number of thioether (sulfide) groups is 1. The lowest BCUT2D eigenvalue weighted by atomic mass is 10.1. The van der Waals surface area contributed by atoms with Gasteiger partial charge in [-0.15, -0.1) is 0 Å². The Bertz CT molecular complexity index is 355. The second kappa shape index (κ2) is 10.3. The summed E-state index contributed by atoms with van der Waals surface area (Å²) in [5.41, 5.74) is 4.20. The van der Waals surface area contributed by atoms with E-state index in [0.29, 0.717) is 0 Å². The average Bonchev–Trinajstić information content (AvgIpc) is 2.41. The Morgan fingerprint density at radius 3 is 2.25 bits per heavy atom. The molecule has 1 aromatic rings. The van der Waals surface area contributed by atoms with E-state index in [-0.39, 0.29) is 0 Å². The zero-order valence-corrected chi connectivity index (χ0v) is 14.4. The zero-order chi connectivity index (χ0) is 14.8. The molecule has 3 heteroatoms. The summed E-state index contributed by atoms with van der Waals surface area (Å²) in [4.78, 5) is 2.45. The van der Waals surface area contributed by atoms with Crippen LogP contribution in [0.4, 0.5) is 0 Å². The van der Waals surface area contributed by atoms with Crippen molar-refractivity contribution in [1.82, 2.24) is 10.2 Å². The summed E-state index contributed by atoms with van der Waals surface area (Å²) in [7, 11) is 0. The van der Waals surface area contributed by atoms with Crippen LogP contribution < -0.4 is 5.32 Å². The van der Waals surface area contributed by atoms with Crippen LogP contribution in [0.25, 0.3) is 0 Å². The Balaban J connectivity index is 2.07. The molecular weight excluding hydrogens is 264 g/mol. The molecule has 0 aliphatic rings. The Labute approximate surface area is 129 Å². The summed E-state index contributed by atoms with van der Waals surface area (Å²) in [5.74, 6) is 2.31. The maximum atomic E-state index is 3.53. The smallest absolute Gasteiger partial charge is 0.0185 e. The molecule has 0 radical (unpaired) electrons. The Morgan fingerprint density at radius 1 is 1.00 bits per heavy atom. The zero-order valence-electron chi connectivity index (χ0n) is 13.5. The van der Waals surface area contributed by atoms with E-state index in [9.17, 15) is 0 Å². The van der Waals surface area contributed by atoms with Crippen molar-refractivity contribution < 1.29 is 0 Å². The monoisotopic (exact) mass is 294 g/mol. The highest BCUT2D eigenvalue weighted by molar-refractivity contribution is 7.98. The van der Waals surface area contributed by atoms with Crippen LogP contribution in [-0.2, 0) is 5.75 Å². The topological polar surface area (TPSA) is 15.3 Å². The molecule has 0 unspecified atom stereocenters. The molecule has 0 atom stereocenters. The van der Waals surface area contributed by atoms with Gasteiger partial charge in [-0.25, -0.2) is 0 Å². The standard InChI is InChI=1S/C17H30N2S/c1-5-19(6-2)9-7-18-8-10-20-14-17-12-15(3)11-16(4)13-17/h11-13,18H,5-10,14H2,1-4H3. The molecule has 0 saturated heterocycles. The molecule has 20 heavy (non-hydrogen) atoms. The van der Waals surface area contributed by atoms with E-state index in [2.05, 4.69) is 56.1 Å². The van der Waals surface area contributed by atoms with Crippen molar-refractivity contribution >= 4 is 11.8 Å². The molecule has 0 aliphatic carbocycles. The number of benzene rings is 1. The predicted molar refractivity (Wildman–Crippen MR) is 92.7 cm³/mol. The molecule has 0 aromatic heterocycles. The van der Waals surface area contributed by atoms with Gasteiger partial charge in [-0.05, 0) is 32.5 Å². The SMILES string of the molecule is CCN(CC)CCNCCSCc1cc(C)cc(C)c1. The van der Waals surface area contributed by atoms with Crippen LogP contribution in [0.3, 0.4) is 0 Å². The maximum absolute atomic E-state index is 3.53. The quantitative estimate of drug-likeness (QED) is 0.665. The van der Waals surface area contributed by atoms with Gasteiger partial charge in [0.25, 0.3) is 0 Å². The Morgan fingerprint density at radius 2 is 1.65 bits per heavy atom. The highest BCUT2D eigenvalue weighted by Crippen LogP contribution is 2.15. The number of nitrogens with zero attached hydrogens (tertiary/aromatic N) is 1. The molecule has 0 heterocycles. The first-order valence-corrected chi connectivity index (χ1v) is 8.89. The summed E-state index contributed by atoms with van der Waals surface area (Å²) >= 11 is 2.02. The van der Waals surface area contributed by atoms with Crippen LogP contribution in [0.1, 0.15) is 30.5 Å². The van der Waals surface area contributed by atoms with Crippen molar-refractivity contribution in [2.45, 2.75) is 33.4 Å². The molecule has 0 amide bonds. The molecule has 0 spiro atoms. The molecular formula is C17H30N2S. The van der Waals surface area contributed by atoms with Crippen LogP contribution in [-0.4, -0.2) is 43.4 Å². The molecule has 114 valence electrons. The number of rotatable bonds is 10. The highest BCUT2D eigenvalue weighted by Gasteiger charge is 1.99. The van der Waals surface area contributed by atoms with Gasteiger partial charge < -0.3 is 10.2 Å². The minimum atomic E-state index is 1.10. The van der Waals surface area contributed by atoms with Crippen LogP contribution in [0.5, 0.6) is 0 Å². The Kier molecular flexibility index (Phi) is 8.99. The van der Waals surface area contributed by atoms with Crippen LogP contribution in [0, 0.1) is 13.8 Å². The predicted octanol–water partition coefficient (Wildman–Crippen LogP) is 3.47. The summed E-state index contributed by atoms with van der Waals surface area (Å²) in [6.07, 6.45) is 0. The van der Waals surface area contributed by atoms with Gasteiger partial charge in [0.15, 0.2) is 0 Å². The second-order valence-corrected chi connectivity index (χ2v) is 6.43. The summed E-state index contributed by atoms with van der Waals surface area (Å²) in [5, 5.41) is 3.53. The highest BCUT2D eigenvalue weighted by atomic mass is 32.2. The molecule has 0 saturated carbocycles. The summed E-state index contributed by atoms with van der Waals surface area (Å²) in [6, 6.07) is 6.84.